The number of benzene rings is 2. The molecule has 10 heteroatoms. The van der Waals surface area contributed by atoms with Crippen molar-refractivity contribution in [1.29, 1.82) is 0 Å². The Hall–Kier alpha value is -3.63. The van der Waals surface area contributed by atoms with Crippen molar-refractivity contribution in [1.82, 2.24) is 9.80 Å². The average molecular weight is 583 g/mol. The molecular weight excluding hydrogens is 549 g/mol. The van der Waals surface area contributed by atoms with Crippen LogP contribution in [0.15, 0.2) is 55.1 Å². The minimum atomic E-state index is -4.49. The van der Waals surface area contributed by atoms with Crippen molar-refractivity contribution in [2.24, 2.45) is 0 Å². The first-order chi connectivity index (χ1) is 19.9. The van der Waals surface area contributed by atoms with Gasteiger partial charge in [0.1, 0.15) is 6.10 Å². The third-order valence-electron chi connectivity index (χ3n) is 9.62. The number of piperidine rings is 1. The lowest BCUT2D eigenvalue weighted by atomic mass is 9.48. The molecule has 0 aromatic heterocycles. The van der Waals surface area contributed by atoms with Crippen LogP contribution in [0.3, 0.4) is 0 Å². The summed E-state index contributed by atoms with van der Waals surface area (Å²) in [6.45, 7) is 6.54. The fraction of sp³-hybridized carbons (Fsp3) is 0.438. The van der Waals surface area contributed by atoms with Crippen LogP contribution >= 0.6 is 0 Å². The monoisotopic (exact) mass is 582 g/mol. The summed E-state index contributed by atoms with van der Waals surface area (Å²) in [4.78, 5) is 29.2. The van der Waals surface area contributed by atoms with E-state index in [2.05, 4.69) is 11.5 Å². The highest BCUT2D eigenvalue weighted by Crippen LogP contribution is 2.66. The quantitative estimate of drug-likeness (QED) is 0.234. The number of carbonyl (C=O) groups excluding carboxylic acids is 2. The van der Waals surface area contributed by atoms with Gasteiger partial charge < -0.3 is 19.5 Å². The number of likely N-dealkylation sites (N-methyl/N-ethyl adjacent to an activating group) is 1. The first kappa shape index (κ1) is 28.5. The first-order valence-corrected chi connectivity index (χ1v) is 14.1. The number of carbonyl (C=O) groups is 2. The van der Waals surface area contributed by atoms with Gasteiger partial charge in [0.2, 0.25) is 5.91 Å². The fourth-order valence-corrected chi connectivity index (χ4v) is 7.88. The van der Waals surface area contributed by atoms with Crippen LogP contribution in [0.1, 0.15) is 48.4 Å². The summed E-state index contributed by atoms with van der Waals surface area (Å²) in [6, 6.07) is 7.82. The molecule has 7 nitrogen and oxygen atoms in total. The largest absolute Gasteiger partial charge is 0.483 e. The summed E-state index contributed by atoms with van der Waals surface area (Å²) >= 11 is 0. The number of esters is 1. The number of hydrogen-bond acceptors (Lipinski definition) is 6. The zero-order chi connectivity index (χ0) is 30.0. The second-order valence-corrected chi connectivity index (χ2v) is 11.7. The van der Waals surface area contributed by atoms with Crippen LogP contribution in [0.4, 0.5) is 13.2 Å². The molecule has 2 fully saturated rings. The van der Waals surface area contributed by atoms with Crippen LogP contribution in [-0.2, 0) is 27.6 Å². The highest BCUT2D eigenvalue weighted by Gasteiger charge is 2.73. The van der Waals surface area contributed by atoms with Gasteiger partial charge in [-0.1, -0.05) is 24.3 Å². The highest BCUT2D eigenvalue weighted by atomic mass is 19.4. The lowest BCUT2D eigenvalue weighted by molar-refractivity contribution is -0.198. The standard InChI is InChI=1S/C32H33F3N2O5/c1-4-15-37-16-14-30-27-21-9-10-24(41-19(2)38)28(27)42-29(30)23(12-13-31(30,40)25(37)18-21)36(3)26(39)11-8-20-6-5-7-22(17-20)32(33,34)35/h4-11,17,23,25,29,40H,1,12-16,18H2,2-3H3/t23-,25-,29+,30+,31-/m1/s1. The summed E-state index contributed by atoms with van der Waals surface area (Å²) in [6.07, 6.45) is 1.41. The molecule has 1 N–H and O–H groups in total. The Morgan fingerprint density at radius 2 is 2.05 bits per heavy atom. The molecule has 2 aliphatic carbocycles. The number of halogens is 3. The molecule has 2 aromatic rings. The van der Waals surface area contributed by atoms with Gasteiger partial charge in [-0.05, 0) is 67.6 Å². The number of nitrogens with zero attached hydrogens (tertiary/aromatic N) is 2. The molecule has 2 heterocycles. The van der Waals surface area contributed by atoms with E-state index >= 15 is 0 Å². The third-order valence-corrected chi connectivity index (χ3v) is 9.62. The molecule has 222 valence electrons. The van der Waals surface area contributed by atoms with Crippen molar-refractivity contribution in [2.75, 3.05) is 20.1 Å². The molecule has 5 atom stereocenters. The Morgan fingerprint density at radius 3 is 2.76 bits per heavy atom. The molecule has 2 bridgehead atoms. The van der Waals surface area contributed by atoms with E-state index in [0.717, 1.165) is 23.3 Å². The van der Waals surface area contributed by atoms with E-state index in [-0.39, 0.29) is 17.4 Å². The fourth-order valence-electron chi connectivity index (χ4n) is 7.88. The van der Waals surface area contributed by atoms with E-state index in [4.69, 9.17) is 9.47 Å². The van der Waals surface area contributed by atoms with Crippen LogP contribution in [-0.4, -0.2) is 70.7 Å². The Bertz CT molecular complexity index is 1490. The molecule has 0 radical (unpaired) electrons. The number of likely N-dealkylation sites (tertiary alicyclic amines) is 1. The van der Waals surface area contributed by atoms with E-state index in [9.17, 15) is 27.9 Å². The first-order valence-electron chi connectivity index (χ1n) is 14.1. The number of rotatable bonds is 6. The Labute approximate surface area is 242 Å². The second-order valence-electron chi connectivity index (χ2n) is 11.7. The number of alkyl halides is 3. The van der Waals surface area contributed by atoms with Gasteiger partial charge in [-0.3, -0.25) is 14.5 Å². The Kier molecular flexibility index (Phi) is 6.77. The predicted octanol–water partition coefficient (Wildman–Crippen LogP) is 4.51. The van der Waals surface area contributed by atoms with Gasteiger partial charge >= 0.3 is 12.1 Å². The van der Waals surface area contributed by atoms with Crippen molar-refractivity contribution in [3.63, 3.8) is 0 Å². The molecule has 2 aliphatic heterocycles. The third kappa shape index (κ3) is 4.18. The van der Waals surface area contributed by atoms with Crippen LogP contribution in [0.25, 0.3) is 6.08 Å². The summed E-state index contributed by atoms with van der Waals surface area (Å²) in [7, 11) is 1.65. The maximum absolute atomic E-state index is 13.4. The van der Waals surface area contributed by atoms with Gasteiger partial charge in [-0.15, -0.1) is 6.58 Å². The maximum atomic E-state index is 13.4. The number of ether oxygens (including phenoxy) is 2. The molecule has 1 saturated carbocycles. The van der Waals surface area contributed by atoms with Gasteiger partial charge in [0, 0.05) is 38.2 Å². The van der Waals surface area contributed by atoms with Crippen molar-refractivity contribution in [3.05, 3.63) is 77.4 Å². The number of aliphatic hydroxyl groups is 1. The average Bonchev–Trinajstić information content (AvgIpc) is 3.29. The van der Waals surface area contributed by atoms with E-state index < -0.39 is 46.8 Å². The predicted molar refractivity (Wildman–Crippen MR) is 149 cm³/mol. The zero-order valence-corrected chi connectivity index (χ0v) is 23.5. The maximum Gasteiger partial charge on any atom is 0.416 e. The highest BCUT2D eigenvalue weighted by molar-refractivity contribution is 5.92. The molecule has 0 unspecified atom stereocenters. The van der Waals surface area contributed by atoms with E-state index in [1.54, 1.807) is 18.0 Å². The number of hydrogen-bond donors (Lipinski definition) is 1. The summed E-state index contributed by atoms with van der Waals surface area (Å²) in [5, 5.41) is 12.6. The molecule has 4 aliphatic rings. The lowest BCUT2D eigenvalue weighted by Gasteiger charge is -2.64. The molecule has 6 rings (SSSR count). The minimum absolute atomic E-state index is 0.184. The molecule has 1 spiro atoms. The Balaban J connectivity index is 1.37. The molecule has 1 saturated heterocycles. The van der Waals surface area contributed by atoms with Crippen molar-refractivity contribution in [3.8, 4) is 11.5 Å². The summed E-state index contributed by atoms with van der Waals surface area (Å²) < 4.78 is 51.7. The molecule has 2 aromatic carbocycles. The molecule has 1 amide bonds. The van der Waals surface area contributed by atoms with Crippen LogP contribution in [0, 0.1) is 0 Å². The van der Waals surface area contributed by atoms with Gasteiger partial charge in [0.05, 0.1) is 22.6 Å². The van der Waals surface area contributed by atoms with E-state index in [1.807, 2.05) is 12.1 Å². The van der Waals surface area contributed by atoms with Crippen LogP contribution in [0.2, 0.25) is 0 Å². The zero-order valence-electron chi connectivity index (χ0n) is 23.5. The molecule has 42 heavy (non-hydrogen) atoms. The van der Waals surface area contributed by atoms with Gasteiger partial charge in [0.25, 0.3) is 0 Å². The van der Waals surface area contributed by atoms with E-state index in [0.29, 0.717) is 44.5 Å². The van der Waals surface area contributed by atoms with Crippen molar-refractivity contribution in [2.45, 2.75) is 68.0 Å². The lowest BCUT2D eigenvalue weighted by Crippen LogP contribution is -2.78. The summed E-state index contributed by atoms with van der Waals surface area (Å²) in [5.41, 5.74) is -0.647. The minimum Gasteiger partial charge on any atom is -0.483 e. The normalized spacial score (nSPS) is 29.5. The van der Waals surface area contributed by atoms with Crippen molar-refractivity contribution >= 4 is 18.0 Å². The Morgan fingerprint density at radius 1 is 1.26 bits per heavy atom. The SMILES string of the molecule is C=CCN1CC[C@]23c4c5ccc(OC(C)=O)c4O[C@H]2[C@H](N(C)C(=O)C=Cc2cccc(C(F)(F)F)c2)CC[C@@]3(O)[C@H]1C5. The smallest absolute Gasteiger partial charge is 0.416 e. The van der Waals surface area contributed by atoms with Gasteiger partial charge in [-0.25, -0.2) is 0 Å². The summed E-state index contributed by atoms with van der Waals surface area (Å²) in [5.74, 6) is -0.156. The van der Waals surface area contributed by atoms with Gasteiger partial charge in [-0.2, -0.15) is 13.2 Å². The second kappa shape index (κ2) is 9.98. The molecular formula is C32H33F3N2O5. The van der Waals surface area contributed by atoms with Crippen molar-refractivity contribution < 1.29 is 37.3 Å². The number of amides is 1. The topological polar surface area (TPSA) is 79.3 Å². The van der Waals surface area contributed by atoms with E-state index in [1.165, 1.54) is 31.2 Å². The van der Waals surface area contributed by atoms with Crippen LogP contribution in [0.5, 0.6) is 11.5 Å². The van der Waals surface area contributed by atoms with Crippen LogP contribution < -0.4 is 9.47 Å². The van der Waals surface area contributed by atoms with Gasteiger partial charge in [0.15, 0.2) is 11.5 Å².